The summed E-state index contributed by atoms with van der Waals surface area (Å²) in [5.41, 5.74) is 3.96. The van der Waals surface area contributed by atoms with Crippen molar-refractivity contribution >= 4 is 22.3 Å². The first kappa shape index (κ1) is 30.6. The van der Waals surface area contributed by atoms with Crippen LogP contribution >= 0.6 is 0 Å². The van der Waals surface area contributed by atoms with E-state index in [0.717, 1.165) is 30.6 Å². The Hall–Kier alpha value is -1.94. The summed E-state index contributed by atoms with van der Waals surface area (Å²) in [7, 11) is -4.06. The van der Waals surface area contributed by atoms with Gasteiger partial charge in [-0.05, 0) is 96.3 Å². The summed E-state index contributed by atoms with van der Waals surface area (Å²) in [5.74, 6) is 1.69. The van der Waals surface area contributed by atoms with E-state index in [1.807, 2.05) is 12.1 Å². The topological polar surface area (TPSA) is 30.5 Å². The van der Waals surface area contributed by atoms with Crippen molar-refractivity contribution in [2.45, 2.75) is 109 Å². The summed E-state index contributed by atoms with van der Waals surface area (Å²) in [4.78, 5) is 0. The van der Waals surface area contributed by atoms with Gasteiger partial charge in [-0.2, -0.15) is 13.2 Å². The highest BCUT2D eigenvalue weighted by molar-refractivity contribution is 6.75. The van der Waals surface area contributed by atoms with Crippen molar-refractivity contribution in [1.82, 2.24) is 0 Å². The number of nitrogens with one attached hydrogen (secondary N) is 1. The molecule has 1 unspecified atom stereocenters. The monoisotopic (exact) mass is 565 g/mol. The van der Waals surface area contributed by atoms with Gasteiger partial charge in [-0.1, -0.05) is 53.7 Å². The van der Waals surface area contributed by atoms with Crippen LogP contribution in [-0.2, 0) is 12.8 Å². The Bertz CT molecular complexity index is 1130. The number of alkyl halides is 3. The number of aryl methyl sites for hydroxylation is 1. The number of fused-ring (bicyclic) bond motifs is 1. The number of rotatable bonds is 7. The third kappa shape index (κ3) is 7.37. The van der Waals surface area contributed by atoms with E-state index >= 15 is 0 Å². The zero-order valence-corrected chi connectivity index (χ0v) is 26.8. The molecule has 8 heteroatoms. The Morgan fingerprint density at radius 1 is 0.789 bits per heavy atom. The lowest BCUT2D eigenvalue weighted by Crippen LogP contribution is -2.43. The maximum atomic E-state index is 13.2. The molecule has 0 heterocycles. The summed E-state index contributed by atoms with van der Waals surface area (Å²) < 4.78 is 52.5. The maximum absolute atomic E-state index is 13.2. The molecule has 0 fully saturated rings. The third-order valence-corrected chi connectivity index (χ3v) is 17.4. The molecule has 1 aliphatic carbocycles. The molecule has 0 saturated heterocycles. The van der Waals surface area contributed by atoms with Gasteiger partial charge >= 0.3 is 6.18 Å². The summed E-state index contributed by atoms with van der Waals surface area (Å²) in [5, 5.41) is 2.79. The van der Waals surface area contributed by atoms with Gasteiger partial charge in [-0.15, -0.1) is 0 Å². The molecule has 1 atom stereocenters. The van der Waals surface area contributed by atoms with Crippen LogP contribution in [0.5, 0.6) is 11.5 Å². The quantitative estimate of drug-likeness (QED) is 0.339. The van der Waals surface area contributed by atoms with E-state index in [9.17, 15) is 13.2 Å². The van der Waals surface area contributed by atoms with Gasteiger partial charge < -0.3 is 14.2 Å². The molecule has 0 spiro atoms. The van der Waals surface area contributed by atoms with E-state index in [4.69, 9.17) is 8.85 Å². The van der Waals surface area contributed by atoms with E-state index in [1.54, 1.807) is 6.07 Å². The zero-order chi connectivity index (χ0) is 28.7. The van der Waals surface area contributed by atoms with Gasteiger partial charge in [0, 0.05) is 11.8 Å². The molecule has 2 aromatic carbocycles. The van der Waals surface area contributed by atoms with Crippen molar-refractivity contribution in [1.29, 1.82) is 0 Å². The molecule has 3 rings (SSSR count). The average molecular weight is 566 g/mol. The first-order valence-electron chi connectivity index (χ1n) is 13.6. The molecule has 1 aliphatic rings. The normalized spacial score (nSPS) is 17.1. The lowest BCUT2D eigenvalue weighted by molar-refractivity contribution is -0.115. The minimum absolute atomic E-state index is 0.00847. The summed E-state index contributed by atoms with van der Waals surface area (Å²) in [6.45, 7) is 20.9. The molecule has 0 saturated carbocycles. The predicted octanol–water partition coefficient (Wildman–Crippen LogP) is 9.70. The van der Waals surface area contributed by atoms with Gasteiger partial charge in [0.1, 0.15) is 18.0 Å². The largest absolute Gasteiger partial charge is 0.543 e. The van der Waals surface area contributed by atoms with E-state index in [-0.39, 0.29) is 16.0 Å². The Kier molecular flexibility index (Phi) is 8.51. The fourth-order valence-corrected chi connectivity index (χ4v) is 6.30. The van der Waals surface area contributed by atoms with Crippen molar-refractivity contribution in [2.24, 2.45) is 0 Å². The second-order valence-electron chi connectivity index (χ2n) is 13.8. The predicted molar refractivity (Wildman–Crippen MR) is 158 cm³/mol. The van der Waals surface area contributed by atoms with Crippen molar-refractivity contribution in [3.8, 4) is 11.5 Å². The molecule has 0 aliphatic heterocycles. The van der Waals surface area contributed by atoms with Crippen LogP contribution in [0.25, 0.3) is 0 Å². The van der Waals surface area contributed by atoms with Gasteiger partial charge in [0.15, 0.2) is 0 Å². The van der Waals surface area contributed by atoms with E-state index in [2.05, 4.69) is 91.2 Å². The van der Waals surface area contributed by atoms with Gasteiger partial charge in [-0.3, -0.25) is 0 Å². The number of anilines is 1. The highest BCUT2D eigenvalue weighted by atomic mass is 28.4. The fourth-order valence-electron chi connectivity index (χ4n) is 4.26. The summed E-state index contributed by atoms with van der Waals surface area (Å²) in [6.07, 6.45) is -1.76. The lowest BCUT2D eigenvalue weighted by atomic mass is 9.79. The van der Waals surface area contributed by atoms with Crippen LogP contribution < -0.4 is 14.2 Å². The molecular formula is C30H46F3NO2Si2. The Balaban J connectivity index is 1.86. The van der Waals surface area contributed by atoms with E-state index in [0.29, 0.717) is 11.4 Å². The fraction of sp³-hybridized carbons (Fsp3) is 0.600. The first-order valence-corrected chi connectivity index (χ1v) is 19.4. The smallest absolute Gasteiger partial charge is 0.405 e. The molecule has 1 N–H and O–H groups in total. The SMILES string of the molecule is CC(C)(C)[Si](C)(C)Oc1ccc2c(c1)CCC(c1ccc(O[Si](C)(C)C(C)(C)C)cc1NCC(F)(F)F)C2. The average Bonchev–Trinajstić information content (AvgIpc) is 2.75. The van der Waals surface area contributed by atoms with Crippen molar-refractivity contribution in [3.63, 3.8) is 0 Å². The number of hydrogen-bond donors (Lipinski definition) is 1. The molecule has 0 aromatic heterocycles. The molecule has 0 bridgehead atoms. The van der Waals surface area contributed by atoms with Gasteiger partial charge in [0.05, 0.1) is 0 Å². The van der Waals surface area contributed by atoms with Gasteiger partial charge in [0.25, 0.3) is 0 Å². The van der Waals surface area contributed by atoms with Crippen molar-refractivity contribution < 1.29 is 22.0 Å². The molecular weight excluding hydrogens is 520 g/mol. The lowest BCUT2D eigenvalue weighted by Gasteiger charge is -2.37. The van der Waals surface area contributed by atoms with Crippen molar-refractivity contribution in [3.05, 3.63) is 53.1 Å². The first-order chi connectivity index (χ1) is 17.2. The van der Waals surface area contributed by atoms with Crippen LogP contribution in [0.15, 0.2) is 36.4 Å². The standard InChI is InChI=1S/C30H46F3NO2Si2/c1-28(2,3)37(7,8)35-24-14-13-21-17-23(12-11-22(21)18-24)26-16-15-25(36-38(9,10)29(4,5)6)19-27(26)34-20-30(31,32)33/h13-16,18-19,23,34H,11-12,17,20H2,1-10H3. The highest BCUT2D eigenvalue weighted by Gasteiger charge is 2.40. The van der Waals surface area contributed by atoms with Crippen LogP contribution in [0.3, 0.4) is 0 Å². The number of benzene rings is 2. The van der Waals surface area contributed by atoms with Gasteiger partial charge in [0.2, 0.25) is 16.6 Å². The maximum Gasteiger partial charge on any atom is 0.405 e. The third-order valence-electron chi connectivity index (χ3n) is 8.71. The number of halogens is 3. The zero-order valence-electron chi connectivity index (χ0n) is 24.8. The minimum atomic E-state index is -4.30. The molecule has 0 amide bonds. The van der Waals surface area contributed by atoms with Crippen molar-refractivity contribution in [2.75, 3.05) is 11.9 Å². The Labute approximate surface area is 229 Å². The van der Waals surface area contributed by atoms with Crippen LogP contribution in [0.2, 0.25) is 36.3 Å². The summed E-state index contributed by atoms with van der Waals surface area (Å²) in [6, 6.07) is 12.0. The van der Waals surface area contributed by atoms with Crippen LogP contribution in [-0.4, -0.2) is 29.4 Å². The van der Waals surface area contributed by atoms with E-state index < -0.39 is 29.4 Å². The Morgan fingerprint density at radius 3 is 1.84 bits per heavy atom. The second kappa shape index (κ2) is 10.6. The minimum Gasteiger partial charge on any atom is -0.543 e. The van der Waals surface area contributed by atoms with Gasteiger partial charge in [-0.25, -0.2) is 0 Å². The molecule has 2 aromatic rings. The molecule has 38 heavy (non-hydrogen) atoms. The van der Waals surface area contributed by atoms with Crippen LogP contribution in [0, 0.1) is 0 Å². The molecule has 212 valence electrons. The Morgan fingerprint density at radius 2 is 1.32 bits per heavy atom. The summed E-state index contributed by atoms with van der Waals surface area (Å²) >= 11 is 0. The second-order valence-corrected chi connectivity index (χ2v) is 23.3. The van der Waals surface area contributed by atoms with Crippen LogP contribution in [0.4, 0.5) is 18.9 Å². The van der Waals surface area contributed by atoms with E-state index in [1.165, 1.54) is 11.1 Å². The molecule has 3 nitrogen and oxygen atoms in total. The van der Waals surface area contributed by atoms with Crippen LogP contribution in [0.1, 0.15) is 70.6 Å². The number of hydrogen-bond acceptors (Lipinski definition) is 3. The molecule has 0 radical (unpaired) electrons. The highest BCUT2D eigenvalue weighted by Crippen LogP contribution is 2.42.